The molecule has 1 aromatic carbocycles. The first-order valence-electron chi connectivity index (χ1n) is 3.28. The lowest BCUT2D eigenvalue weighted by Crippen LogP contribution is -2.10. The van der Waals surface area contributed by atoms with Gasteiger partial charge in [-0.3, -0.25) is 0 Å². The van der Waals surface area contributed by atoms with Crippen molar-refractivity contribution in [2.75, 3.05) is 0 Å². The largest absolute Gasteiger partial charge is 0.142 e. The van der Waals surface area contributed by atoms with E-state index in [0.717, 1.165) is 13.9 Å². The Morgan fingerprint density at radius 2 is 2.00 bits per heavy atom. The summed E-state index contributed by atoms with van der Waals surface area (Å²) in [5.74, 6) is 0. The van der Waals surface area contributed by atoms with E-state index in [-0.39, 0.29) is 0 Å². The summed E-state index contributed by atoms with van der Waals surface area (Å²) in [6, 6.07) is 1.98. The quantitative estimate of drug-likeness (QED) is 0.417. The van der Waals surface area contributed by atoms with Crippen molar-refractivity contribution in [2.45, 2.75) is 18.7 Å². The first-order valence-corrected chi connectivity index (χ1v) is 4.80. The van der Waals surface area contributed by atoms with Crippen LogP contribution in [0.25, 0.3) is 0 Å². The van der Waals surface area contributed by atoms with Gasteiger partial charge in [0.2, 0.25) is 0 Å². The van der Waals surface area contributed by atoms with E-state index in [4.69, 9.17) is 7.85 Å². The van der Waals surface area contributed by atoms with Crippen molar-refractivity contribution >= 4 is 48.5 Å². The Hall–Kier alpha value is 0.365. The Kier molecular flexibility index (Phi) is 2.92. The zero-order chi connectivity index (χ0) is 8.59. The molecule has 0 unspecified atom stereocenters. The van der Waals surface area contributed by atoms with Crippen molar-refractivity contribution in [3.05, 3.63) is 20.8 Å². The van der Waals surface area contributed by atoms with Gasteiger partial charge in [-0.2, -0.15) is 0 Å². The molecule has 0 N–H and O–H groups in total. The molecule has 1 aromatic rings. The summed E-state index contributed by atoms with van der Waals surface area (Å²) in [5, 5.41) is 0. The lowest BCUT2D eigenvalue weighted by atomic mass is 9.93. The average molecular weight is 274 g/mol. The maximum atomic E-state index is 5.73. The molecule has 1 rings (SSSR count). The van der Waals surface area contributed by atoms with Crippen LogP contribution in [-0.4, -0.2) is 7.85 Å². The van der Waals surface area contributed by atoms with E-state index in [1.54, 1.807) is 0 Å². The maximum Gasteiger partial charge on any atom is 0.115 e. The predicted molar refractivity (Wildman–Crippen MR) is 61.3 cm³/mol. The van der Waals surface area contributed by atoms with Crippen LogP contribution in [-0.2, 0) is 0 Å². The fraction of sp³-hybridized carbons (Fsp3) is 0.250. The molecule has 11 heavy (non-hydrogen) atoms. The molecular weight excluding hydrogens is 266 g/mol. The van der Waals surface area contributed by atoms with E-state index in [1.807, 2.05) is 13.0 Å². The van der Waals surface area contributed by atoms with Crippen LogP contribution in [0.4, 0.5) is 0 Å². The normalized spacial score (nSPS) is 10.2. The van der Waals surface area contributed by atoms with E-state index >= 15 is 0 Å². The molecule has 0 spiro atoms. The molecule has 0 aliphatic carbocycles. The Morgan fingerprint density at radius 3 is 2.55 bits per heavy atom. The lowest BCUT2D eigenvalue weighted by molar-refractivity contribution is 1.23. The van der Waals surface area contributed by atoms with E-state index in [9.17, 15) is 0 Å². The molecule has 3 heteroatoms. The summed E-state index contributed by atoms with van der Waals surface area (Å²) < 4.78 is 1.05. The van der Waals surface area contributed by atoms with Gasteiger partial charge in [0.05, 0.1) is 0 Å². The van der Waals surface area contributed by atoms with Crippen LogP contribution in [0.2, 0.25) is 0 Å². The number of hydrogen-bond donors (Lipinski definition) is 1. The number of thiol groups is 1. The third-order valence-electron chi connectivity index (χ3n) is 1.78. The minimum absolute atomic E-state index is 0.818. The summed E-state index contributed by atoms with van der Waals surface area (Å²) in [4.78, 5) is 1.00. The third kappa shape index (κ3) is 1.75. The van der Waals surface area contributed by atoms with Crippen molar-refractivity contribution in [2.24, 2.45) is 0 Å². The van der Waals surface area contributed by atoms with Gasteiger partial charge in [-0.15, -0.1) is 12.6 Å². The first-order chi connectivity index (χ1) is 5.04. The second-order valence-electron chi connectivity index (χ2n) is 2.57. The van der Waals surface area contributed by atoms with Gasteiger partial charge in [-0.25, -0.2) is 0 Å². The number of aryl methyl sites for hydroxylation is 1. The highest BCUT2D eigenvalue weighted by molar-refractivity contribution is 14.1. The highest BCUT2D eigenvalue weighted by Crippen LogP contribution is 2.20. The average Bonchev–Trinajstić information content (AvgIpc) is 1.97. The molecule has 2 radical (unpaired) electrons. The van der Waals surface area contributed by atoms with Crippen LogP contribution in [0, 0.1) is 17.4 Å². The number of rotatable bonds is 0. The molecule has 0 aromatic heterocycles. The molecule has 0 fully saturated rings. The van der Waals surface area contributed by atoms with Crippen LogP contribution < -0.4 is 5.46 Å². The summed E-state index contributed by atoms with van der Waals surface area (Å²) >= 11 is 6.57. The predicted octanol–water partition coefficient (Wildman–Crippen LogP) is 1.99. The van der Waals surface area contributed by atoms with Crippen LogP contribution in [0.3, 0.4) is 0 Å². The van der Waals surface area contributed by atoms with Crippen molar-refractivity contribution in [3.8, 4) is 0 Å². The fourth-order valence-electron chi connectivity index (χ4n) is 0.893. The molecule has 0 atom stereocenters. The highest BCUT2D eigenvalue weighted by atomic mass is 127. The second-order valence-corrected chi connectivity index (χ2v) is 4.10. The van der Waals surface area contributed by atoms with E-state index in [0.29, 0.717) is 0 Å². The lowest BCUT2D eigenvalue weighted by Gasteiger charge is -2.08. The van der Waals surface area contributed by atoms with Gasteiger partial charge in [0, 0.05) is 8.47 Å². The van der Waals surface area contributed by atoms with Crippen molar-refractivity contribution in [3.63, 3.8) is 0 Å². The Morgan fingerprint density at radius 1 is 1.45 bits per heavy atom. The molecule has 0 heterocycles. The number of halogens is 1. The molecule has 0 saturated carbocycles. The minimum atomic E-state index is 0.818. The molecule has 0 aliphatic rings. The molecule has 0 nitrogen and oxygen atoms in total. The van der Waals surface area contributed by atoms with Gasteiger partial charge in [-0.05, 0) is 47.6 Å². The smallest absolute Gasteiger partial charge is 0.115 e. The van der Waals surface area contributed by atoms with Gasteiger partial charge in [0.1, 0.15) is 7.85 Å². The fourth-order valence-corrected chi connectivity index (χ4v) is 1.76. The standard InChI is InChI=1S/C8H8BIS/c1-4-3-6(9)7(10)8(11)5(4)2/h3,11H,1-2H3. The Balaban J connectivity index is 3.46. The maximum absolute atomic E-state index is 5.73. The van der Waals surface area contributed by atoms with Gasteiger partial charge in [0.15, 0.2) is 0 Å². The second kappa shape index (κ2) is 3.39. The zero-order valence-corrected chi connectivity index (χ0v) is 9.53. The topological polar surface area (TPSA) is 0 Å². The summed E-state index contributed by atoms with van der Waals surface area (Å²) in [5.41, 5.74) is 3.23. The molecule has 0 aliphatic heterocycles. The van der Waals surface area contributed by atoms with Crippen molar-refractivity contribution < 1.29 is 0 Å². The van der Waals surface area contributed by atoms with Crippen LogP contribution in [0.15, 0.2) is 11.0 Å². The SMILES string of the molecule is [B]c1cc(C)c(C)c(S)c1I. The number of benzene rings is 1. The van der Waals surface area contributed by atoms with E-state index in [2.05, 4.69) is 42.1 Å². The molecule has 0 saturated heterocycles. The summed E-state index contributed by atoms with van der Waals surface area (Å²) in [7, 11) is 5.73. The van der Waals surface area contributed by atoms with Crippen molar-refractivity contribution in [1.82, 2.24) is 0 Å². The van der Waals surface area contributed by atoms with Crippen LogP contribution in [0.5, 0.6) is 0 Å². The molecular formula is C8H8BIS. The summed E-state index contributed by atoms with van der Waals surface area (Å²) in [6.45, 7) is 4.10. The molecule has 0 bridgehead atoms. The molecule has 56 valence electrons. The highest BCUT2D eigenvalue weighted by Gasteiger charge is 2.04. The van der Waals surface area contributed by atoms with Crippen LogP contribution in [0.1, 0.15) is 11.1 Å². The van der Waals surface area contributed by atoms with Gasteiger partial charge in [0.25, 0.3) is 0 Å². The Labute approximate surface area is 87.7 Å². The zero-order valence-electron chi connectivity index (χ0n) is 6.48. The Bertz CT molecular complexity index is 270. The molecule has 0 amide bonds. The van der Waals surface area contributed by atoms with Crippen LogP contribution >= 0.6 is 35.2 Å². The first kappa shape index (κ1) is 9.45. The summed E-state index contributed by atoms with van der Waals surface area (Å²) in [6.07, 6.45) is 0. The van der Waals surface area contributed by atoms with E-state index in [1.165, 1.54) is 11.1 Å². The van der Waals surface area contributed by atoms with Gasteiger partial charge < -0.3 is 0 Å². The third-order valence-corrected chi connectivity index (χ3v) is 3.93. The minimum Gasteiger partial charge on any atom is -0.142 e. The van der Waals surface area contributed by atoms with Crippen molar-refractivity contribution in [1.29, 1.82) is 0 Å². The number of hydrogen-bond acceptors (Lipinski definition) is 1. The van der Waals surface area contributed by atoms with E-state index < -0.39 is 0 Å². The van der Waals surface area contributed by atoms with Gasteiger partial charge >= 0.3 is 0 Å². The van der Waals surface area contributed by atoms with Gasteiger partial charge in [-0.1, -0.05) is 11.5 Å². The monoisotopic (exact) mass is 274 g/mol.